The van der Waals surface area contributed by atoms with Crippen LogP contribution in [0.2, 0.25) is 0 Å². The molecule has 1 atom stereocenters. The number of para-hydroxylation sites is 1. The molecule has 1 amide bonds. The number of nitrogens with one attached hydrogen (secondary N) is 2. The number of halogens is 2. The molecule has 5 nitrogen and oxygen atoms in total. The second-order valence-corrected chi connectivity index (χ2v) is 5.98. The first-order valence-corrected chi connectivity index (χ1v) is 8.50. The molecular formula is C20H24Cl2N4O. The van der Waals surface area contributed by atoms with Crippen molar-refractivity contribution < 1.29 is 4.79 Å². The van der Waals surface area contributed by atoms with Gasteiger partial charge >= 0.3 is 0 Å². The molecule has 0 saturated heterocycles. The molecule has 0 aliphatic carbocycles. The van der Waals surface area contributed by atoms with Crippen molar-refractivity contribution in [2.24, 2.45) is 0 Å². The summed E-state index contributed by atoms with van der Waals surface area (Å²) in [5, 5.41) is 7.15. The number of rotatable bonds is 6. The quantitative estimate of drug-likeness (QED) is 0.651. The molecular weight excluding hydrogens is 383 g/mol. The second kappa shape index (κ2) is 10.8. The fourth-order valence-corrected chi connectivity index (χ4v) is 2.79. The normalized spacial score (nSPS) is 11.2. The van der Waals surface area contributed by atoms with Gasteiger partial charge in [-0.3, -0.25) is 9.78 Å². The van der Waals surface area contributed by atoms with E-state index in [1.54, 1.807) is 12.4 Å². The number of benzene rings is 1. The Morgan fingerprint density at radius 1 is 1.15 bits per heavy atom. The van der Waals surface area contributed by atoms with Gasteiger partial charge in [0.25, 0.3) is 5.91 Å². The highest BCUT2D eigenvalue weighted by atomic mass is 35.5. The summed E-state index contributed by atoms with van der Waals surface area (Å²) in [7, 11) is 0. The van der Waals surface area contributed by atoms with Crippen LogP contribution in [0.5, 0.6) is 0 Å². The predicted octanol–water partition coefficient (Wildman–Crippen LogP) is 3.87. The van der Waals surface area contributed by atoms with Crippen LogP contribution in [-0.4, -0.2) is 35.0 Å². The molecule has 2 aromatic heterocycles. The Hall–Kier alpha value is -2.21. The van der Waals surface area contributed by atoms with Crippen LogP contribution in [0.15, 0.2) is 54.9 Å². The Labute approximate surface area is 171 Å². The molecule has 1 aromatic carbocycles. The fourth-order valence-electron chi connectivity index (χ4n) is 2.79. The van der Waals surface area contributed by atoms with Gasteiger partial charge < -0.3 is 10.6 Å². The lowest BCUT2D eigenvalue weighted by molar-refractivity contribution is 0.0952. The summed E-state index contributed by atoms with van der Waals surface area (Å²) in [4.78, 5) is 21.6. The Morgan fingerprint density at radius 2 is 1.93 bits per heavy atom. The van der Waals surface area contributed by atoms with Crippen LogP contribution in [0.1, 0.15) is 24.2 Å². The van der Waals surface area contributed by atoms with Crippen LogP contribution in [0.25, 0.3) is 22.2 Å². The van der Waals surface area contributed by atoms with Crippen LogP contribution in [0, 0.1) is 0 Å². The van der Waals surface area contributed by atoms with Gasteiger partial charge in [0.15, 0.2) is 0 Å². The zero-order valence-corrected chi connectivity index (χ0v) is 16.9. The first-order chi connectivity index (χ1) is 12.2. The largest absolute Gasteiger partial charge is 0.350 e. The van der Waals surface area contributed by atoms with Crippen molar-refractivity contribution in [3.05, 3.63) is 60.4 Å². The van der Waals surface area contributed by atoms with Crippen molar-refractivity contribution in [1.29, 1.82) is 0 Å². The summed E-state index contributed by atoms with van der Waals surface area (Å²) in [5.41, 5.74) is 3.07. The van der Waals surface area contributed by atoms with E-state index in [-0.39, 0.29) is 36.8 Å². The Kier molecular flexibility index (Phi) is 9.15. The molecule has 0 aliphatic heterocycles. The van der Waals surface area contributed by atoms with Crippen molar-refractivity contribution in [1.82, 2.24) is 20.6 Å². The van der Waals surface area contributed by atoms with Crippen LogP contribution in [0.3, 0.4) is 0 Å². The zero-order chi connectivity index (χ0) is 17.6. The number of hydrogen-bond donors (Lipinski definition) is 2. The zero-order valence-electron chi connectivity index (χ0n) is 15.3. The summed E-state index contributed by atoms with van der Waals surface area (Å²) in [6, 6.07) is 13.6. The average Bonchev–Trinajstić information content (AvgIpc) is 2.66. The molecule has 0 fully saturated rings. The molecule has 0 unspecified atom stereocenters. The number of carbonyl (C=O) groups excluding carboxylic acids is 1. The van der Waals surface area contributed by atoms with Crippen molar-refractivity contribution >= 4 is 41.6 Å². The van der Waals surface area contributed by atoms with Crippen LogP contribution >= 0.6 is 24.8 Å². The lowest BCUT2D eigenvalue weighted by Gasteiger charge is -2.14. The third-order valence-electron chi connectivity index (χ3n) is 4.04. The van der Waals surface area contributed by atoms with E-state index >= 15 is 0 Å². The van der Waals surface area contributed by atoms with E-state index in [1.165, 1.54) is 0 Å². The van der Waals surface area contributed by atoms with Gasteiger partial charge in [0.05, 0.1) is 16.8 Å². The van der Waals surface area contributed by atoms with Gasteiger partial charge in [-0.1, -0.05) is 25.1 Å². The molecule has 3 aromatic rings. The smallest absolute Gasteiger partial charge is 0.252 e. The Bertz CT molecular complexity index is 874. The van der Waals surface area contributed by atoms with Gasteiger partial charge in [-0.2, -0.15) is 0 Å². The third kappa shape index (κ3) is 5.63. The molecule has 2 heterocycles. The topological polar surface area (TPSA) is 66.9 Å². The van der Waals surface area contributed by atoms with Crippen molar-refractivity contribution in [2.75, 3.05) is 13.1 Å². The maximum absolute atomic E-state index is 12.8. The Balaban J connectivity index is 0.00000182. The molecule has 7 heteroatoms. The van der Waals surface area contributed by atoms with Gasteiger partial charge in [0.2, 0.25) is 0 Å². The predicted molar refractivity (Wildman–Crippen MR) is 115 cm³/mol. The first-order valence-electron chi connectivity index (χ1n) is 8.50. The number of aromatic nitrogens is 2. The molecule has 0 spiro atoms. The highest BCUT2D eigenvalue weighted by Crippen LogP contribution is 2.24. The number of carbonyl (C=O) groups is 1. The van der Waals surface area contributed by atoms with Gasteiger partial charge in [-0.05, 0) is 37.7 Å². The number of hydrogen-bond acceptors (Lipinski definition) is 4. The molecule has 0 bridgehead atoms. The average molecular weight is 407 g/mol. The maximum Gasteiger partial charge on any atom is 0.252 e. The van der Waals surface area contributed by atoms with Crippen molar-refractivity contribution in [2.45, 2.75) is 19.9 Å². The summed E-state index contributed by atoms with van der Waals surface area (Å²) in [6.45, 7) is 5.55. The minimum atomic E-state index is -0.0894. The van der Waals surface area contributed by atoms with E-state index < -0.39 is 0 Å². The molecule has 3 rings (SSSR count). The lowest BCUT2D eigenvalue weighted by atomic mass is 10.0. The van der Waals surface area contributed by atoms with E-state index in [4.69, 9.17) is 0 Å². The summed E-state index contributed by atoms with van der Waals surface area (Å²) in [6.07, 6.45) is 3.48. The minimum Gasteiger partial charge on any atom is -0.350 e. The summed E-state index contributed by atoms with van der Waals surface area (Å²) < 4.78 is 0. The maximum atomic E-state index is 12.8. The van der Waals surface area contributed by atoms with Crippen molar-refractivity contribution in [3.63, 3.8) is 0 Å². The van der Waals surface area contributed by atoms with Gasteiger partial charge in [0.1, 0.15) is 0 Å². The molecule has 0 aliphatic rings. The second-order valence-electron chi connectivity index (χ2n) is 5.98. The number of nitrogens with zero attached hydrogens (tertiary/aromatic N) is 2. The monoisotopic (exact) mass is 406 g/mol. The SMILES string of the molecule is CCN[C@H](C)CNC(=O)c1cc(-c2cccnc2)nc2ccccc12.Cl.Cl. The third-order valence-corrected chi connectivity index (χ3v) is 4.04. The van der Waals surface area contributed by atoms with E-state index in [0.717, 1.165) is 28.7 Å². The van der Waals surface area contributed by atoms with Crippen LogP contribution in [0.4, 0.5) is 0 Å². The van der Waals surface area contributed by atoms with E-state index in [9.17, 15) is 4.79 Å². The molecule has 0 radical (unpaired) electrons. The van der Waals surface area contributed by atoms with Crippen molar-refractivity contribution in [3.8, 4) is 11.3 Å². The van der Waals surface area contributed by atoms with Crippen LogP contribution in [-0.2, 0) is 0 Å². The highest BCUT2D eigenvalue weighted by molar-refractivity contribution is 6.07. The molecule has 27 heavy (non-hydrogen) atoms. The number of fused-ring (bicyclic) bond motifs is 1. The summed E-state index contributed by atoms with van der Waals surface area (Å²) in [5.74, 6) is -0.0894. The number of likely N-dealkylation sites (N-methyl/N-ethyl adjacent to an activating group) is 1. The summed E-state index contributed by atoms with van der Waals surface area (Å²) >= 11 is 0. The number of pyridine rings is 2. The lowest BCUT2D eigenvalue weighted by Crippen LogP contribution is -2.38. The van der Waals surface area contributed by atoms with E-state index in [2.05, 4.69) is 34.4 Å². The first kappa shape index (κ1) is 22.8. The minimum absolute atomic E-state index is 0. The molecule has 2 N–H and O–H groups in total. The van der Waals surface area contributed by atoms with Gasteiger partial charge in [-0.15, -0.1) is 24.8 Å². The van der Waals surface area contributed by atoms with Crippen LogP contribution < -0.4 is 10.6 Å². The van der Waals surface area contributed by atoms with E-state index in [0.29, 0.717) is 12.1 Å². The Morgan fingerprint density at radius 3 is 2.63 bits per heavy atom. The standard InChI is InChI=1S/C20H22N4O.2ClH/c1-3-22-14(2)12-23-20(25)17-11-19(15-7-6-10-21-13-15)24-18-9-5-4-8-16(17)18;;/h4-11,13-14,22H,3,12H2,1-2H3,(H,23,25);2*1H/t14-;;/m1../s1. The number of amides is 1. The molecule has 144 valence electrons. The van der Waals surface area contributed by atoms with Gasteiger partial charge in [-0.25, -0.2) is 4.98 Å². The molecule has 0 saturated carbocycles. The highest BCUT2D eigenvalue weighted by Gasteiger charge is 2.14. The fraction of sp³-hybridized carbons (Fsp3) is 0.250. The van der Waals surface area contributed by atoms with E-state index in [1.807, 2.05) is 42.5 Å². The van der Waals surface area contributed by atoms with Gasteiger partial charge in [0, 0.05) is 35.9 Å².